The van der Waals surface area contributed by atoms with E-state index >= 15 is 0 Å². The highest BCUT2D eigenvalue weighted by Gasteiger charge is 2.14. The molecular weight excluding hydrogens is 326 g/mol. The Bertz CT molecular complexity index is 513. The summed E-state index contributed by atoms with van der Waals surface area (Å²) in [5.74, 6) is 0.179. The van der Waals surface area contributed by atoms with Gasteiger partial charge in [-0.15, -0.1) is 0 Å². The molecule has 0 aliphatic carbocycles. The Morgan fingerprint density at radius 3 is 2.81 bits per heavy atom. The third-order valence-corrected chi connectivity index (χ3v) is 2.87. The predicted molar refractivity (Wildman–Crippen MR) is 63.0 cm³/mol. The molecule has 1 aromatic carbocycles. The Kier molecular flexibility index (Phi) is 3.20. The molecule has 0 bridgehead atoms. The molecule has 16 heavy (non-hydrogen) atoms. The fourth-order valence-corrected chi connectivity index (χ4v) is 1.88. The topological polar surface area (TPSA) is 59.2 Å². The van der Waals surface area contributed by atoms with Gasteiger partial charge in [0.1, 0.15) is 11.9 Å². The van der Waals surface area contributed by atoms with E-state index in [0.717, 1.165) is 0 Å². The number of hydrogen-bond acceptors (Lipinski definition) is 4. The standard InChI is InChI=1S/C10H8FIN2O2/c1-5(15)9-13-10(16-14-9)7-3-2-6(11)4-8(7)12/h2-5,15H,1H3. The first-order valence-corrected chi connectivity index (χ1v) is 5.63. The van der Waals surface area contributed by atoms with E-state index in [2.05, 4.69) is 10.1 Å². The highest BCUT2D eigenvalue weighted by molar-refractivity contribution is 14.1. The molecule has 0 saturated carbocycles. The fourth-order valence-electron chi connectivity index (χ4n) is 1.18. The molecule has 1 aromatic heterocycles. The van der Waals surface area contributed by atoms with Crippen molar-refractivity contribution in [1.82, 2.24) is 10.1 Å². The quantitative estimate of drug-likeness (QED) is 0.858. The van der Waals surface area contributed by atoms with Crippen molar-refractivity contribution in [3.05, 3.63) is 33.4 Å². The van der Waals surface area contributed by atoms with Gasteiger partial charge < -0.3 is 9.63 Å². The zero-order valence-electron chi connectivity index (χ0n) is 8.32. The summed E-state index contributed by atoms with van der Waals surface area (Å²) in [5, 5.41) is 12.9. The highest BCUT2D eigenvalue weighted by Crippen LogP contribution is 2.25. The average Bonchev–Trinajstić information content (AvgIpc) is 2.66. The fraction of sp³-hybridized carbons (Fsp3) is 0.200. The largest absolute Gasteiger partial charge is 0.385 e. The van der Waals surface area contributed by atoms with Gasteiger partial charge in [-0.05, 0) is 47.7 Å². The Morgan fingerprint density at radius 1 is 1.50 bits per heavy atom. The van der Waals surface area contributed by atoms with Crippen LogP contribution in [0.3, 0.4) is 0 Å². The van der Waals surface area contributed by atoms with Crippen LogP contribution in [-0.4, -0.2) is 15.2 Å². The number of rotatable bonds is 2. The molecule has 2 rings (SSSR count). The van der Waals surface area contributed by atoms with Crippen LogP contribution >= 0.6 is 22.6 Å². The summed E-state index contributed by atoms with van der Waals surface area (Å²) >= 11 is 1.99. The van der Waals surface area contributed by atoms with Crippen LogP contribution in [0.5, 0.6) is 0 Å². The van der Waals surface area contributed by atoms with Crippen LogP contribution < -0.4 is 0 Å². The summed E-state index contributed by atoms with van der Waals surface area (Å²) in [7, 11) is 0. The lowest BCUT2D eigenvalue weighted by atomic mass is 10.2. The Morgan fingerprint density at radius 2 is 2.25 bits per heavy atom. The number of benzene rings is 1. The van der Waals surface area contributed by atoms with Gasteiger partial charge in [0.05, 0.1) is 5.56 Å². The number of hydrogen-bond donors (Lipinski definition) is 1. The number of aliphatic hydroxyl groups excluding tert-OH is 1. The Balaban J connectivity index is 2.42. The molecule has 4 nitrogen and oxygen atoms in total. The van der Waals surface area contributed by atoms with E-state index in [0.29, 0.717) is 9.13 Å². The second-order valence-electron chi connectivity index (χ2n) is 3.26. The van der Waals surface area contributed by atoms with Crippen molar-refractivity contribution in [1.29, 1.82) is 0 Å². The Hall–Kier alpha value is -1.02. The van der Waals surface area contributed by atoms with Gasteiger partial charge in [-0.3, -0.25) is 0 Å². The van der Waals surface area contributed by atoms with Gasteiger partial charge in [0.25, 0.3) is 5.89 Å². The molecule has 0 aliphatic heterocycles. The molecule has 0 radical (unpaired) electrons. The smallest absolute Gasteiger partial charge is 0.259 e. The third kappa shape index (κ3) is 2.22. The normalized spacial score (nSPS) is 12.8. The van der Waals surface area contributed by atoms with Crippen LogP contribution in [0.1, 0.15) is 18.9 Å². The van der Waals surface area contributed by atoms with E-state index < -0.39 is 6.10 Å². The molecule has 2 aromatic rings. The maximum absolute atomic E-state index is 12.9. The van der Waals surface area contributed by atoms with Crippen molar-refractivity contribution in [2.45, 2.75) is 13.0 Å². The summed E-state index contributed by atoms with van der Waals surface area (Å²) < 4.78 is 18.5. The van der Waals surface area contributed by atoms with Gasteiger partial charge in [0.15, 0.2) is 5.82 Å². The number of halogens is 2. The van der Waals surface area contributed by atoms with Crippen LogP contribution in [0.2, 0.25) is 0 Å². The van der Waals surface area contributed by atoms with E-state index in [-0.39, 0.29) is 17.5 Å². The van der Waals surface area contributed by atoms with Gasteiger partial charge in [0.2, 0.25) is 0 Å². The van der Waals surface area contributed by atoms with Gasteiger partial charge in [-0.25, -0.2) is 4.39 Å². The van der Waals surface area contributed by atoms with Gasteiger partial charge in [-0.2, -0.15) is 4.98 Å². The van der Waals surface area contributed by atoms with Crippen molar-refractivity contribution in [3.63, 3.8) is 0 Å². The van der Waals surface area contributed by atoms with E-state index in [4.69, 9.17) is 4.52 Å². The van der Waals surface area contributed by atoms with Crippen molar-refractivity contribution < 1.29 is 14.0 Å². The lowest BCUT2D eigenvalue weighted by Crippen LogP contribution is -1.93. The number of aromatic nitrogens is 2. The van der Waals surface area contributed by atoms with E-state index in [1.165, 1.54) is 12.1 Å². The summed E-state index contributed by atoms with van der Waals surface area (Å²) in [4.78, 5) is 4.02. The zero-order valence-corrected chi connectivity index (χ0v) is 10.5. The SMILES string of the molecule is CC(O)c1noc(-c2ccc(F)cc2I)n1. The molecule has 0 spiro atoms. The van der Waals surface area contributed by atoms with Gasteiger partial charge in [0, 0.05) is 3.57 Å². The van der Waals surface area contributed by atoms with Crippen molar-refractivity contribution in [2.75, 3.05) is 0 Å². The van der Waals surface area contributed by atoms with Crippen molar-refractivity contribution in [3.8, 4) is 11.5 Å². The molecule has 1 unspecified atom stereocenters. The molecule has 0 saturated heterocycles. The maximum atomic E-state index is 12.9. The molecule has 1 heterocycles. The van der Waals surface area contributed by atoms with Crippen LogP contribution in [-0.2, 0) is 0 Å². The van der Waals surface area contributed by atoms with Crippen molar-refractivity contribution in [2.24, 2.45) is 0 Å². The van der Waals surface area contributed by atoms with E-state index in [1.54, 1.807) is 13.0 Å². The lowest BCUT2D eigenvalue weighted by molar-refractivity contribution is 0.184. The maximum Gasteiger partial charge on any atom is 0.259 e. The van der Waals surface area contributed by atoms with Crippen LogP contribution in [0, 0.1) is 9.39 Å². The zero-order chi connectivity index (χ0) is 11.7. The monoisotopic (exact) mass is 334 g/mol. The minimum Gasteiger partial charge on any atom is -0.385 e. The van der Waals surface area contributed by atoms with E-state index in [9.17, 15) is 9.50 Å². The first-order chi connectivity index (χ1) is 7.58. The molecule has 6 heteroatoms. The summed E-state index contributed by atoms with van der Waals surface area (Å²) in [6.45, 7) is 1.55. The minimum absolute atomic E-state index is 0.218. The first kappa shape index (κ1) is 11.5. The van der Waals surface area contributed by atoms with E-state index in [1.807, 2.05) is 22.6 Å². The van der Waals surface area contributed by atoms with Crippen LogP contribution in [0.4, 0.5) is 4.39 Å². The average molecular weight is 334 g/mol. The number of aliphatic hydroxyl groups is 1. The summed E-state index contributed by atoms with van der Waals surface area (Å²) in [5.41, 5.74) is 0.654. The van der Waals surface area contributed by atoms with Gasteiger partial charge >= 0.3 is 0 Å². The predicted octanol–water partition coefficient (Wildman–Crippen LogP) is 2.53. The summed E-state index contributed by atoms with van der Waals surface area (Å²) in [6.07, 6.45) is -0.782. The second-order valence-corrected chi connectivity index (χ2v) is 4.42. The molecule has 0 aliphatic rings. The Labute approximate surface area is 105 Å². The van der Waals surface area contributed by atoms with Crippen molar-refractivity contribution >= 4 is 22.6 Å². The molecule has 1 N–H and O–H groups in total. The minimum atomic E-state index is -0.782. The third-order valence-electron chi connectivity index (χ3n) is 1.98. The van der Waals surface area contributed by atoms with Crippen LogP contribution in [0.15, 0.2) is 22.7 Å². The van der Waals surface area contributed by atoms with Gasteiger partial charge in [-0.1, -0.05) is 5.16 Å². The number of nitrogens with zero attached hydrogens (tertiary/aromatic N) is 2. The molecule has 0 amide bonds. The molecule has 1 atom stereocenters. The molecular formula is C10H8FIN2O2. The molecule has 84 valence electrons. The molecule has 0 fully saturated rings. The summed E-state index contributed by atoms with van der Waals surface area (Å²) in [6, 6.07) is 4.27. The van der Waals surface area contributed by atoms with Crippen LogP contribution in [0.25, 0.3) is 11.5 Å². The lowest BCUT2D eigenvalue weighted by Gasteiger charge is -1.98. The first-order valence-electron chi connectivity index (χ1n) is 4.55. The highest BCUT2D eigenvalue weighted by atomic mass is 127. The second kappa shape index (κ2) is 4.46.